The van der Waals surface area contributed by atoms with E-state index in [1.165, 1.54) is 6.92 Å². The van der Waals surface area contributed by atoms with Crippen molar-refractivity contribution in [2.45, 2.75) is 51.0 Å². The SMILES string of the molecule is CC(=O)O[C@@H]1C[C@H]2CC[C@]1(CS(=O)(=O)c1ccccc1)C2(C)C. The number of ether oxygens (including phenoxy) is 1. The number of esters is 1. The van der Waals surface area contributed by atoms with E-state index in [2.05, 4.69) is 13.8 Å². The first-order valence-corrected chi connectivity index (χ1v) is 9.79. The quantitative estimate of drug-likeness (QED) is 0.792. The Labute approximate surface area is 138 Å². The van der Waals surface area contributed by atoms with Crippen molar-refractivity contribution in [3.63, 3.8) is 0 Å². The van der Waals surface area contributed by atoms with Crippen molar-refractivity contribution in [1.82, 2.24) is 0 Å². The number of sulfone groups is 1. The lowest BCUT2D eigenvalue weighted by atomic mass is 9.69. The maximum Gasteiger partial charge on any atom is 0.302 e. The Morgan fingerprint density at radius 1 is 1.26 bits per heavy atom. The third-order valence-electron chi connectivity index (χ3n) is 6.22. The highest BCUT2D eigenvalue weighted by molar-refractivity contribution is 7.91. The molecule has 2 aliphatic carbocycles. The zero-order valence-electron chi connectivity index (χ0n) is 13.9. The van der Waals surface area contributed by atoms with Crippen molar-refractivity contribution < 1.29 is 17.9 Å². The van der Waals surface area contributed by atoms with Gasteiger partial charge in [0, 0.05) is 12.3 Å². The molecule has 0 radical (unpaired) electrons. The third kappa shape index (κ3) is 2.49. The summed E-state index contributed by atoms with van der Waals surface area (Å²) in [5, 5.41) is 0. The van der Waals surface area contributed by atoms with Gasteiger partial charge < -0.3 is 4.74 Å². The summed E-state index contributed by atoms with van der Waals surface area (Å²) in [5.74, 6) is 0.138. The van der Waals surface area contributed by atoms with E-state index >= 15 is 0 Å². The normalized spacial score (nSPS) is 32.0. The Hall–Kier alpha value is -1.36. The summed E-state index contributed by atoms with van der Waals surface area (Å²) in [6.45, 7) is 5.67. The number of carbonyl (C=O) groups excluding carboxylic acids is 1. The summed E-state index contributed by atoms with van der Waals surface area (Å²) in [6, 6.07) is 8.57. The Bertz CT molecular complexity index is 708. The number of hydrogen-bond donors (Lipinski definition) is 0. The molecule has 0 amide bonds. The van der Waals surface area contributed by atoms with Crippen LogP contribution in [0, 0.1) is 16.7 Å². The fourth-order valence-corrected chi connectivity index (χ4v) is 6.88. The van der Waals surface area contributed by atoms with Crippen LogP contribution in [0.3, 0.4) is 0 Å². The molecular weight excluding hydrogens is 312 g/mol. The van der Waals surface area contributed by atoms with Crippen LogP contribution in [-0.4, -0.2) is 26.2 Å². The summed E-state index contributed by atoms with van der Waals surface area (Å²) in [4.78, 5) is 11.8. The number of hydrogen-bond acceptors (Lipinski definition) is 4. The van der Waals surface area contributed by atoms with Gasteiger partial charge in [0.1, 0.15) is 6.10 Å². The summed E-state index contributed by atoms with van der Waals surface area (Å²) < 4.78 is 31.5. The molecule has 2 aliphatic rings. The van der Waals surface area contributed by atoms with Gasteiger partial charge >= 0.3 is 5.97 Å². The minimum Gasteiger partial charge on any atom is -0.462 e. The van der Waals surface area contributed by atoms with Crippen LogP contribution in [0.15, 0.2) is 35.2 Å². The van der Waals surface area contributed by atoms with Gasteiger partial charge in [-0.15, -0.1) is 0 Å². The predicted octanol–water partition coefficient (Wildman–Crippen LogP) is 3.22. The minimum atomic E-state index is -3.42. The molecule has 23 heavy (non-hydrogen) atoms. The summed E-state index contributed by atoms with van der Waals surface area (Å²) in [7, 11) is -3.42. The highest BCUT2D eigenvalue weighted by Crippen LogP contribution is 2.67. The van der Waals surface area contributed by atoms with Crippen molar-refractivity contribution in [2.24, 2.45) is 16.7 Å². The fraction of sp³-hybridized carbons (Fsp3) is 0.611. The maximum absolute atomic E-state index is 12.9. The highest BCUT2D eigenvalue weighted by atomic mass is 32.2. The van der Waals surface area contributed by atoms with Crippen molar-refractivity contribution >= 4 is 15.8 Å². The molecule has 2 fully saturated rings. The van der Waals surface area contributed by atoms with Crippen LogP contribution in [0.25, 0.3) is 0 Å². The average Bonchev–Trinajstić information content (AvgIpc) is 2.81. The highest BCUT2D eigenvalue weighted by Gasteiger charge is 2.66. The van der Waals surface area contributed by atoms with Gasteiger partial charge in [-0.3, -0.25) is 4.79 Å². The van der Waals surface area contributed by atoms with Crippen molar-refractivity contribution in [3.8, 4) is 0 Å². The Balaban J connectivity index is 1.99. The fourth-order valence-electron chi connectivity index (χ4n) is 4.76. The molecule has 0 unspecified atom stereocenters. The molecule has 2 bridgehead atoms. The molecule has 1 aromatic carbocycles. The number of benzene rings is 1. The third-order valence-corrected chi connectivity index (χ3v) is 8.10. The largest absolute Gasteiger partial charge is 0.462 e. The molecule has 0 spiro atoms. The maximum atomic E-state index is 12.9. The van der Waals surface area contributed by atoms with Crippen LogP contribution in [0.5, 0.6) is 0 Å². The molecule has 0 heterocycles. The van der Waals surface area contributed by atoms with Crippen LogP contribution in [0.2, 0.25) is 0 Å². The van der Waals surface area contributed by atoms with Gasteiger partial charge in [0.2, 0.25) is 0 Å². The summed E-state index contributed by atoms with van der Waals surface area (Å²) >= 11 is 0. The molecule has 2 saturated carbocycles. The molecular formula is C18H24O4S. The van der Waals surface area contributed by atoms with Gasteiger partial charge in [0.05, 0.1) is 10.6 Å². The zero-order valence-corrected chi connectivity index (χ0v) is 14.7. The van der Waals surface area contributed by atoms with E-state index in [1.54, 1.807) is 24.3 Å². The minimum absolute atomic E-state index is 0.0471. The Morgan fingerprint density at radius 3 is 2.48 bits per heavy atom. The van der Waals surface area contributed by atoms with E-state index in [1.807, 2.05) is 6.07 Å². The van der Waals surface area contributed by atoms with Gasteiger partial charge in [-0.1, -0.05) is 32.0 Å². The van der Waals surface area contributed by atoms with E-state index in [-0.39, 0.29) is 23.2 Å². The molecule has 3 atom stereocenters. The summed E-state index contributed by atoms with van der Waals surface area (Å²) in [5.41, 5.74) is -0.632. The second kappa shape index (κ2) is 5.33. The van der Waals surface area contributed by atoms with E-state index in [9.17, 15) is 13.2 Å². The van der Waals surface area contributed by atoms with Crippen LogP contribution in [0.1, 0.15) is 40.0 Å². The number of carbonyl (C=O) groups is 1. The first-order valence-electron chi connectivity index (χ1n) is 8.14. The second-order valence-corrected chi connectivity index (χ2v) is 9.51. The van der Waals surface area contributed by atoms with Crippen LogP contribution >= 0.6 is 0 Å². The Kier molecular flexibility index (Phi) is 3.82. The number of rotatable bonds is 4. The topological polar surface area (TPSA) is 60.4 Å². The number of fused-ring (bicyclic) bond motifs is 2. The molecule has 1 aromatic rings. The standard InChI is InChI=1S/C18H24O4S/c1-13(19)22-16-11-14-9-10-18(16,17(14,2)3)12-23(20,21)15-7-5-4-6-8-15/h4-8,14,16H,9-12H2,1-3H3/t14-,16-,18-/m1/s1. The lowest BCUT2D eigenvalue weighted by Gasteiger charge is -2.41. The van der Waals surface area contributed by atoms with E-state index in [0.29, 0.717) is 10.8 Å². The predicted molar refractivity (Wildman–Crippen MR) is 87.6 cm³/mol. The smallest absolute Gasteiger partial charge is 0.302 e. The van der Waals surface area contributed by atoms with Crippen molar-refractivity contribution in [2.75, 3.05) is 5.75 Å². The van der Waals surface area contributed by atoms with Gasteiger partial charge in [-0.25, -0.2) is 8.42 Å². The van der Waals surface area contributed by atoms with Crippen molar-refractivity contribution in [1.29, 1.82) is 0 Å². The van der Waals surface area contributed by atoms with Crippen LogP contribution < -0.4 is 0 Å². The van der Waals surface area contributed by atoms with E-state index < -0.39 is 15.3 Å². The monoisotopic (exact) mass is 336 g/mol. The van der Waals surface area contributed by atoms with Crippen LogP contribution in [-0.2, 0) is 19.4 Å². The second-order valence-electron chi connectivity index (χ2n) is 7.52. The summed E-state index contributed by atoms with van der Waals surface area (Å²) in [6.07, 6.45) is 2.29. The average molecular weight is 336 g/mol. The van der Waals surface area contributed by atoms with Gasteiger partial charge in [-0.2, -0.15) is 0 Å². The van der Waals surface area contributed by atoms with Gasteiger partial charge in [0.25, 0.3) is 0 Å². The molecule has 0 N–H and O–H groups in total. The molecule has 3 rings (SSSR count). The molecule has 0 aromatic heterocycles. The van der Waals surface area contributed by atoms with Crippen LogP contribution in [0.4, 0.5) is 0 Å². The zero-order chi connectivity index (χ0) is 16.9. The molecule has 5 heteroatoms. The van der Waals surface area contributed by atoms with Gasteiger partial charge in [-0.05, 0) is 42.7 Å². The molecule has 0 aliphatic heterocycles. The Morgan fingerprint density at radius 2 is 1.91 bits per heavy atom. The molecule has 0 saturated heterocycles. The molecule has 126 valence electrons. The lowest BCUT2D eigenvalue weighted by molar-refractivity contribution is -0.153. The first-order chi connectivity index (χ1) is 10.7. The van der Waals surface area contributed by atoms with E-state index in [4.69, 9.17) is 4.74 Å². The lowest BCUT2D eigenvalue weighted by Crippen LogP contribution is -2.46. The van der Waals surface area contributed by atoms with Gasteiger partial charge in [0.15, 0.2) is 9.84 Å². The van der Waals surface area contributed by atoms with E-state index in [0.717, 1.165) is 19.3 Å². The first kappa shape index (κ1) is 16.5. The molecule has 4 nitrogen and oxygen atoms in total. The van der Waals surface area contributed by atoms with Crippen molar-refractivity contribution in [3.05, 3.63) is 30.3 Å².